The topological polar surface area (TPSA) is 102 Å². The Kier molecular flexibility index (Phi) is 8.14. The van der Waals surface area contributed by atoms with Crippen molar-refractivity contribution in [1.82, 2.24) is 10.2 Å². The largest absolute Gasteiger partial charge is 0.378 e. The number of rotatable bonds is 9. The summed E-state index contributed by atoms with van der Waals surface area (Å²) < 4.78 is 5.26. The van der Waals surface area contributed by atoms with Crippen LogP contribution in [-0.4, -0.2) is 60.9 Å². The summed E-state index contributed by atoms with van der Waals surface area (Å²) in [6.07, 6.45) is 1.65. The van der Waals surface area contributed by atoms with Crippen LogP contribution in [0.5, 0.6) is 0 Å². The lowest BCUT2D eigenvalue weighted by Gasteiger charge is -2.32. The first-order valence-electron chi connectivity index (χ1n) is 9.82. The van der Waals surface area contributed by atoms with Crippen LogP contribution in [0.1, 0.15) is 32.3 Å². The number of carbonyl (C=O) groups is 3. The highest BCUT2D eigenvalue weighted by molar-refractivity contribution is 6.06. The van der Waals surface area contributed by atoms with E-state index in [-0.39, 0.29) is 18.4 Å². The lowest BCUT2D eigenvalue weighted by Crippen LogP contribution is -2.60. The highest BCUT2D eigenvalue weighted by atomic mass is 16.5. The van der Waals surface area contributed by atoms with Crippen molar-refractivity contribution in [3.05, 3.63) is 35.9 Å². The molecule has 0 bridgehead atoms. The molecule has 2 amide bonds. The lowest BCUT2D eigenvalue weighted by atomic mass is 9.83. The zero-order valence-electron chi connectivity index (χ0n) is 16.7. The normalized spacial score (nSPS) is 17.6. The molecule has 0 unspecified atom stereocenters. The fourth-order valence-corrected chi connectivity index (χ4v) is 3.27. The number of aldehydes is 1. The number of ether oxygens (including phenoxy) is 1. The van der Waals surface area contributed by atoms with Gasteiger partial charge >= 0.3 is 6.03 Å². The molecule has 2 atom stereocenters. The van der Waals surface area contributed by atoms with Gasteiger partial charge in [0.25, 0.3) is 0 Å². The molecule has 0 aromatic heterocycles. The van der Waals surface area contributed by atoms with Crippen LogP contribution in [0, 0.1) is 5.92 Å². The number of aryl methyl sites for hydroxylation is 1. The third-order valence-electron chi connectivity index (χ3n) is 4.96. The Bertz CT molecular complexity index is 659. The monoisotopic (exact) mass is 389 g/mol. The molecule has 7 heteroatoms. The fourth-order valence-electron chi connectivity index (χ4n) is 3.27. The van der Waals surface area contributed by atoms with E-state index < -0.39 is 17.4 Å². The molecule has 0 spiro atoms. The maximum atomic E-state index is 13.2. The third-order valence-corrected chi connectivity index (χ3v) is 4.96. The van der Waals surface area contributed by atoms with E-state index in [4.69, 9.17) is 10.5 Å². The number of hydrogen-bond donors (Lipinski definition) is 2. The zero-order valence-corrected chi connectivity index (χ0v) is 16.7. The van der Waals surface area contributed by atoms with E-state index in [2.05, 4.69) is 5.32 Å². The van der Waals surface area contributed by atoms with E-state index in [9.17, 15) is 14.4 Å². The molecule has 1 aromatic carbocycles. The van der Waals surface area contributed by atoms with Crippen LogP contribution in [0.2, 0.25) is 0 Å². The van der Waals surface area contributed by atoms with Crippen LogP contribution in [0.15, 0.2) is 30.3 Å². The first kappa shape index (κ1) is 22.0. The molecule has 1 heterocycles. The summed E-state index contributed by atoms with van der Waals surface area (Å²) >= 11 is 0. The van der Waals surface area contributed by atoms with Crippen molar-refractivity contribution >= 4 is 18.1 Å². The van der Waals surface area contributed by atoms with Crippen molar-refractivity contribution in [3.63, 3.8) is 0 Å². The SMILES string of the molecule is CC(C)C[C@H](NC(=O)N1CCOCC1)C(=O)[C@@](N)(C=O)CCc1ccccc1. The van der Waals surface area contributed by atoms with Gasteiger partial charge in [0.15, 0.2) is 5.78 Å². The summed E-state index contributed by atoms with van der Waals surface area (Å²) in [7, 11) is 0. The van der Waals surface area contributed by atoms with Crippen LogP contribution in [-0.2, 0) is 20.7 Å². The van der Waals surface area contributed by atoms with Crippen molar-refractivity contribution in [2.24, 2.45) is 11.7 Å². The average molecular weight is 389 g/mol. The van der Waals surface area contributed by atoms with E-state index in [1.165, 1.54) is 0 Å². The quantitative estimate of drug-likeness (QED) is 0.493. The van der Waals surface area contributed by atoms with Gasteiger partial charge in [-0.15, -0.1) is 0 Å². The number of urea groups is 1. The number of ketones is 1. The summed E-state index contributed by atoms with van der Waals surface area (Å²) in [5.74, 6) is -0.280. The van der Waals surface area contributed by atoms with E-state index in [0.717, 1.165) is 5.56 Å². The first-order chi connectivity index (χ1) is 13.4. The van der Waals surface area contributed by atoms with Crippen LogP contribution in [0.25, 0.3) is 0 Å². The first-order valence-corrected chi connectivity index (χ1v) is 9.82. The minimum Gasteiger partial charge on any atom is -0.378 e. The second-order valence-corrected chi connectivity index (χ2v) is 7.74. The highest BCUT2D eigenvalue weighted by Gasteiger charge is 2.39. The lowest BCUT2D eigenvalue weighted by molar-refractivity contribution is -0.131. The molecule has 7 nitrogen and oxygen atoms in total. The molecule has 3 N–H and O–H groups in total. The van der Waals surface area contributed by atoms with Crippen molar-refractivity contribution in [1.29, 1.82) is 0 Å². The Hall–Kier alpha value is -2.25. The van der Waals surface area contributed by atoms with Gasteiger partial charge in [-0.25, -0.2) is 4.79 Å². The Balaban J connectivity index is 2.09. The number of nitrogens with two attached hydrogens (primary N) is 1. The van der Waals surface area contributed by atoms with E-state index in [1.54, 1.807) is 4.90 Å². The van der Waals surface area contributed by atoms with Gasteiger partial charge in [0.05, 0.1) is 19.3 Å². The van der Waals surface area contributed by atoms with Crippen molar-refractivity contribution in [2.45, 2.75) is 44.7 Å². The standard InChI is InChI=1S/C21H31N3O4/c1-16(2)14-18(23-20(27)24-10-12-28-13-11-24)19(26)21(22,15-25)9-8-17-6-4-3-5-7-17/h3-7,15-16,18H,8-14,22H2,1-2H3,(H,23,27)/t18-,21-/m0/s1. The molecule has 0 radical (unpaired) electrons. The number of nitrogens with one attached hydrogen (secondary N) is 1. The summed E-state index contributed by atoms with van der Waals surface area (Å²) in [6, 6.07) is 8.45. The second kappa shape index (κ2) is 10.3. The molecule has 1 aliphatic heterocycles. The molecule has 154 valence electrons. The van der Waals surface area contributed by atoms with Gasteiger partial charge in [-0.1, -0.05) is 44.2 Å². The van der Waals surface area contributed by atoms with Gasteiger partial charge < -0.3 is 25.5 Å². The van der Waals surface area contributed by atoms with Crippen LogP contribution in [0.4, 0.5) is 4.79 Å². The smallest absolute Gasteiger partial charge is 0.318 e. The van der Waals surface area contributed by atoms with Gasteiger partial charge in [-0.05, 0) is 30.7 Å². The molecule has 2 rings (SSSR count). The second-order valence-electron chi connectivity index (χ2n) is 7.74. The zero-order chi connectivity index (χ0) is 20.6. The molecule has 1 saturated heterocycles. The van der Waals surface area contributed by atoms with Gasteiger partial charge in [-0.2, -0.15) is 0 Å². The van der Waals surface area contributed by atoms with Crippen molar-refractivity contribution in [2.75, 3.05) is 26.3 Å². The number of hydrogen-bond acceptors (Lipinski definition) is 5. The van der Waals surface area contributed by atoms with Crippen molar-refractivity contribution in [3.8, 4) is 0 Å². The number of Topliss-reactive ketones (excluding diaryl/α,β-unsaturated/α-hetero) is 1. The van der Waals surface area contributed by atoms with Gasteiger partial charge in [0.1, 0.15) is 11.8 Å². The van der Waals surface area contributed by atoms with Crippen molar-refractivity contribution < 1.29 is 19.1 Å². The van der Waals surface area contributed by atoms with Crippen LogP contribution < -0.4 is 11.1 Å². The predicted molar refractivity (Wildman–Crippen MR) is 107 cm³/mol. The maximum absolute atomic E-state index is 13.2. The summed E-state index contributed by atoms with van der Waals surface area (Å²) in [5.41, 5.74) is 5.59. The number of nitrogens with zero attached hydrogens (tertiary/aromatic N) is 1. The van der Waals surface area contributed by atoms with Crippen LogP contribution >= 0.6 is 0 Å². The molecule has 1 aromatic rings. The number of benzene rings is 1. The Morgan fingerprint density at radius 1 is 1.25 bits per heavy atom. The highest BCUT2D eigenvalue weighted by Crippen LogP contribution is 2.17. The Morgan fingerprint density at radius 3 is 2.46 bits per heavy atom. The number of amides is 2. The van der Waals surface area contributed by atoms with Gasteiger partial charge in [0.2, 0.25) is 0 Å². The molecule has 28 heavy (non-hydrogen) atoms. The van der Waals surface area contributed by atoms with E-state index in [1.807, 2.05) is 44.2 Å². The average Bonchev–Trinajstić information content (AvgIpc) is 2.72. The molecule has 1 aliphatic rings. The fraction of sp³-hybridized carbons (Fsp3) is 0.571. The summed E-state index contributed by atoms with van der Waals surface area (Å²) in [5, 5.41) is 2.80. The number of carbonyl (C=O) groups excluding carboxylic acids is 3. The Labute approximate surface area is 166 Å². The molecule has 0 saturated carbocycles. The minimum atomic E-state index is -1.63. The third kappa shape index (κ3) is 6.14. The molecule has 1 fully saturated rings. The minimum absolute atomic E-state index is 0.156. The molecular formula is C21H31N3O4. The van der Waals surface area contributed by atoms with Crippen LogP contribution in [0.3, 0.4) is 0 Å². The summed E-state index contributed by atoms with van der Waals surface area (Å²) in [4.78, 5) is 39.1. The molecule has 0 aliphatic carbocycles. The number of morpholine rings is 1. The van der Waals surface area contributed by atoms with Gasteiger partial charge in [-0.3, -0.25) is 4.79 Å². The van der Waals surface area contributed by atoms with Gasteiger partial charge in [0, 0.05) is 13.1 Å². The van der Waals surface area contributed by atoms with E-state index >= 15 is 0 Å². The summed E-state index contributed by atoms with van der Waals surface area (Å²) in [6.45, 7) is 5.83. The molecular weight excluding hydrogens is 358 g/mol. The predicted octanol–water partition coefficient (Wildman–Crippen LogP) is 1.54. The van der Waals surface area contributed by atoms with E-state index in [0.29, 0.717) is 45.4 Å². The maximum Gasteiger partial charge on any atom is 0.318 e. The Morgan fingerprint density at radius 2 is 1.89 bits per heavy atom.